The Kier molecular flexibility index (Phi) is 3.36. The van der Waals surface area contributed by atoms with Crippen molar-refractivity contribution in [2.75, 3.05) is 7.11 Å². The van der Waals surface area contributed by atoms with Gasteiger partial charge in [0, 0.05) is 18.2 Å². The number of hydrogen-bond donors (Lipinski definition) is 1. The zero-order chi connectivity index (χ0) is 12.4. The zero-order valence-electron chi connectivity index (χ0n) is 9.66. The van der Waals surface area contributed by atoms with Crippen molar-refractivity contribution in [3.05, 3.63) is 34.5 Å². The molecule has 0 atom stereocenters. The number of ether oxygens (including phenoxy) is 1. The Morgan fingerprint density at radius 3 is 2.76 bits per heavy atom. The quantitative estimate of drug-likeness (QED) is 0.912. The number of methoxy groups -OCH3 is 1. The first-order valence-electron chi connectivity index (χ1n) is 5.16. The maximum Gasteiger partial charge on any atom is 0.167 e. The van der Waals surface area contributed by atoms with Crippen molar-refractivity contribution in [3.63, 3.8) is 0 Å². The fraction of sp³-hybridized carbons (Fsp3) is 0.250. The van der Waals surface area contributed by atoms with Crippen LogP contribution in [0.5, 0.6) is 5.75 Å². The van der Waals surface area contributed by atoms with E-state index in [1.54, 1.807) is 13.2 Å². The monoisotopic (exact) mass is 252 g/mol. The second-order valence-electron chi connectivity index (χ2n) is 3.69. The summed E-state index contributed by atoms with van der Waals surface area (Å²) in [5, 5.41) is 4.39. The average molecular weight is 253 g/mol. The fourth-order valence-corrected chi connectivity index (χ4v) is 1.85. The maximum atomic E-state index is 6.08. The smallest absolute Gasteiger partial charge is 0.167 e. The van der Waals surface area contributed by atoms with Crippen molar-refractivity contribution in [1.29, 1.82) is 0 Å². The minimum atomic E-state index is 0.354. The van der Waals surface area contributed by atoms with Gasteiger partial charge >= 0.3 is 0 Å². The molecule has 1 heterocycles. The third-order valence-corrected chi connectivity index (χ3v) is 2.83. The topological polar surface area (TPSA) is 61.3 Å². The van der Waals surface area contributed by atoms with E-state index in [0.717, 1.165) is 11.1 Å². The lowest BCUT2D eigenvalue weighted by Crippen LogP contribution is -1.94. The Labute approximate surface area is 104 Å². The minimum absolute atomic E-state index is 0.354. The number of rotatable bonds is 3. The van der Waals surface area contributed by atoms with Gasteiger partial charge in [-0.3, -0.25) is 0 Å². The van der Waals surface area contributed by atoms with Gasteiger partial charge < -0.3 is 15.0 Å². The number of aryl methyl sites for hydroxylation is 1. The van der Waals surface area contributed by atoms with Gasteiger partial charge in [0.25, 0.3) is 0 Å². The van der Waals surface area contributed by atoms with Crippen LogP contribution in [0.3, 0.4) is 0 Å². The number of aromatic nitrogens is 1. The molecule has 2 aromatic rings. The van der Waals surface area contributed by atoms with Crippen molar-refractivity contribution >= 4 is 11.6 Å². The van der Waals surface area contributed by atoms with Crippen molar-refractivity contribution < 1.29 is 9.26 Å². The highest BCUT2D eigenvalue weighted by molar-refractivity contribution is 6.32. The van der Waals surface area contributed by atoms with Crippen LogP contribution in [0.15, 0.2) is 22.7 Å². The summed E-state index contributed by atoms with van der Waals surface area (Å²) in [7, 11) is 1.58. The molecule has 0 amide bonds. The first kappa shape index (κ1) is 12.0. The van der Waals surface area contributed by atoms with Crippen molar-refractivity contribution in [2.24, 2.45) is 5.73 Å². The molecular formula is C12H13ClN2O2. The summed E-state index contributed by atoms with van der Waals surface area (Å²) in [4.78, 5) is 0. The highest BCUT2D eigenvalue weighted by Gasteiger charge is 2.12. The molecule has 0 saturated carbocycles. The molecule has 0 radical (unpaired) electrons. The van der Waals surface area contributed by atoms with Gasteiger partial charge in [0.2, 0.25) is 0 Å². The first-order valence-corrected chi connectivity index (χ1v) is 5.53. The number of hydrogen-bond acceptors (Lipinski definition) is 4. The van der Waals surface area contributed by atoms with Gasteiger partial charge in [0.05, 0.1) is 17.8 Å². The fourth-order valence-electron chi connectivity index (χ4n) is 1.61. The van der Waals surface area contributed by atoms with E-state index in [9.17, 15) is 0 Å². The molecule has 0 spiro atoms. The normalized spacial score (nSPS) is 10.6. The molecule has 2 N–H and O–H groups in total. The molecule has 1 aromatic carbocycles. The molecule has 5 heteroatoms. The van der Waals surface area contributed by atoms with Crippen molar-refractivity contribution in [2.45, 2.75) is 13.5 Å². The van der Waals surface area contributed by atoms with Gasteiger partial charge in [-0.1, -0.05) is 16.8 Å². The molecular weight excluding hydrogens is 240 g/mol. The summed E-state index contributed by atoms with van der Waals surface area (Å²) < 4.78 is 10.4. The lowest BCUT2D eigenvalue weighted by Gasteiger charge is -2.07. The average Bonchev–Trinajstić information content (AvgIpc) is 2.80. The van der Waals surface area contributed by atoms with Crippen molar-refractivity contribution in [1.82, 2.24) is 5.16 Å². The molecule has 0 aliphatic heterocycles. The van der Waals surface area contributed by atoms with Gasteiger partial charge in [0.15, 0.2) is 5.76 Å². The van der Waals surface area contributed by atoms with E-state index in [1.165, 1.54) is 0 Å². The lowest BCUT2D eigenvalue weighted by atomic mass is 10.1. The Balaban J connectivity index is 2.48. The maximum absolute atomic E-state index is 6.08. The Morgan fingerprint density at radius 2 is 2.18 bits per heavy atom. The molecule has 0 aliphatic rings. The van der Waals surface area contributed by atoms with Crippen LogP contribution in [-0.2, 0) is 6.54 Å². The van der Waals surface area contributed by atoms with Crippen LogP contribution in [0, 0.1) is 6.92 Å². The number of halogens is 1. The van der Waals surface area contributed by atoms with E-state index in [2.05, 4.69) is 5.16 Å². The van der Waals surface area contributed by atoms with Crippen LogP contribution in [0.2, 0.25) is 5.02 Å². The van der Waals surface area contributed by atoms with Crippen LogP contribution >= 0.6 is 11.6 Å². The Morgan fingerprint density at radius 1 is 1.41 bits per heavy atom. The molecule has 4 nitrogen and oxygen atoms in total. The van der Waals surface area contributed by atoms with Crippen LogP contribution < -0.4 is 10.5 Å². The predicted octanol–water partition coefficient (Wildman–Crippen LogP) is 2.77. The van der Waals surface area contributed by atoms with Gasteiger partial charge in [-0.25, -0.2) is 0 Å². The van der Waals surface area contributed by atoms with E-state index in [4.69, 9.17) is 26.6 Å². The second-order valence-corrected chi connectivity index (χ2v) is 4.10. The highest BCUT2D eigenvalue weighted by atomic mass is 35.5. The van der Waals surface area contributed by atoms with E-state index >= 15 is 0 Å². The van der Waals surface area contributed by atoms with Crippen LogP contribution in [-0.4, -0.2) is 12.3 Å². The van der Waals surface area contributed by atoms with Crippen LogP contribution in [0.1, 0.15) is 11.3 Å². The summed E-state index contributed by atoms with van der Waals surface area (Å²) in [6.45, 7) is 2.31. The lowest BCUT2D eigenvalue weighted by molar-refractivity contribution is 0.414. The summed E-state index contributed by atoms with van der Waals surface area (Å²) >= 11 is 6.08. The molecule has 0 saturated heterocycles. The largest absolute Gasteiger partial charge is 0.495 e. The SMILES string of the molecule is COc1cc(C)c(-c2cc(CN)no2)cc1Cl. The third-order valence-electron chi connectivity index (χ3n) is 2.53. The molecule has 0 fully saturated rings. The Hall–Kier alpha value is -1.52. The molecule has 2 rings (SSSR count). The summed E-state index contributed by atoms with van der Waals surface area (Å²) in [6.07, 6.45) is 0. The summed E-state index contributed by atoms with van der Waals surface area (Å²) in [5.74, 6) is 1.30. The standard InChI is InChI=1S/C12H13ClN2O2/c1-7-3-12(16-2)10(13)5-9(7)11-4-8(6-14)15-17-11/h3-5H,6,14H2,1-2H3. The number of nitrogens with zero attached hydrogens (tertiary/aromatic N) is 1. The minimum Gasteiger partial charge on any atom is -0.495 e. The predicted molar refractivity (Wildman–Crippen MR) is 66.1 cm³/mol. The van der Waals surface area contributed by atoms with Gasteiger partial charge in [-0.15, -0.1) is 0 Å². The zero-order valence-corrected chi connectivity index (χ0v) is 10.4. The molecule has 0 aliphatic carbocycles. The summed E-state index contributed by atoms with van der Waals surface area (Å²) in [5.41, 5.74) is 8.10. The van der Waals surface area contributed by atoms with Crippen LogP contribution in [0.4, 0.5) is 0 Å². The first-order chi connectivity index (χ1) is 8.15. The van der Waals surface area contributed by atoms with E-state index in [-0.39, 0.29) is 0 Å². The molecule has 0 unspecified atom stereocenters. The summed E-state index contributed by atoms with van der Waals surface area (Å²) in [6, 6.07) is 5.48. The van der Waals surface area contributed by atoms with Crippen LogP contribution in [0.25, 0.3) is 11.3 Å². The number of benzene rings is 1. The molecule has 1 aromatic heterocycles. The molecule has 0 bridgehead atoms. The van der Waals surface area contributed by atoms with Gasteiger partial charge in [-0.2, -0.15) is 0 Å². The van der Waals surface area contributed by atoms with Crippen molar-refractivity contribution in [3.8, 4) is 17.1 Å². The van der Waals surface area contributed by atoms with Gasteiger partial charge in [0.1, 0.15) is 5.75 Å². The molecule has 17 heavy (non-hydrogen) atoms. The molecule has 90 valence electrons. The highest BCUT2D eigenvalue weighted by Crippen LogP contribution is 2.33. The van der Waals surface area contributed by atoms with E-state index in [0.29, 0.717) is 28.8 Å². The second kappa shape index (κ2) is 4.77. The third kappa shape index (κ3) is 2.28. The Bertz CT molecular complexity index is 537. The van der Waals surface area contributed by atoms with E-state index < -0.39 is 0 Å². The van der Waals surface area contributed by atoms with E-state index in [1.807, 2.05) is 19.1 Å². The van der Waals surface area contributed by atoms with Gasteiger partial charge in [-0.05, 0) is 24.6 Å². The number of nitrogens with two attached hydrogens (primary N) is 1.